The number of rotatable bonds is 9. The molecule has 0 spiro atoms. The molecule has 0 bridgehead atoms. The molecule has 0 fully saturated rings. The standard InChI is InChI=1S/C16H25NO4/c1-12(2)4-3-7-19-10-14(18)9-17-13-5-6-15-16(8-13)21-11-20-15/h5-6,8,12,14,17-18H,3-4,7,9-11H2,1-2H3. The second kappa shape index (κ2) is 8.10. The van der Waals surface area contributed by atoms with E-state index in [1.54, 1.807) is 0 Å². The van der Waals surface area contributed by atoms with Crippen molar-refractivity contribution in [2.75, 3.05) is 31.9 Å². The van der Waals surface area contributed by atoms with Crippen molar-refractivity contribution in [1.82, 2.24) is 0 Å². The van der Waals surface area contributed by atoms with Gasteiger partial charge in [-0.05, 0) is 30.9 Å². The van der Waals surface area contributed by atoms with Crippen LogP contribution in [0, 0.1) is 5.92 Å². The first-order chi connectivity index (χ1) is 10.1. The fraction of sp³-hybridized carbons (Fsp3) is 0.625. The van der Waals surface area contributed by atoms with Crippen LogP contribution in [0.2, 0.25) is 0 Å². The van der Waals surface area contributed by atoms with E-state index in [9.17, 15) is 5.11 Å². The maximum absolute atomic E-state index is 9.87. The molecule has 0 aliphatic carbocycles. The van der Waals surface area contributed by atoms with Crippen molar-refractivity contribution in [1.29, 1.82) is 0 Å². The van der Waals surface area contributed by atoms with Gasteiger partial charge in [0.2, 0.25) is 6.79 Å². The maximum Gasteiger partial charge on any atom is 0.231 e. The fourth-order valence-corrected chi connectivity index (χ4v) is 2.11. The topological polar surface area (TPSA) is 60.0 Å². The lowest BCUT2D eigenvalue weighted by atomic mass is 10.1. The van der Waals surface area contributed by atoms with E-state index in [1.807, 2.05) is 18.2 Å². The first-order valence-corrected chi connectivity index (χ1v) is 7.54. The summed E-state index contributed by atoms with van der Waals surface area (Å²) < 4.78 is 16.0. The molecule has 2 rings (SSSR count). The van der Waals surface area contributed by atoms with Gasteiger partial charge < -0.3 is 24.6 Å². The number of aliphatic hydroxyl groups is 1. The molecule has 21 heavy (non-hydrogen) atoms. The van der Waals surface area contributed by atoms with Gasteiger partial charge in [0.25, 0.3) is 0 Å². The van der Waals surface area contributed by atoms with Gasteiger partial charge in [0.1, 0.15) is 0 Å². The molecule has 1 aliphatic heterocycles. The van der Waals surface area contributed by atoms with Gasteiger partial charge in [0.15, 0.2) is 11.5 Å². The van der Waals surface area contributed by atoms with Gasteiger partial charge >= 0.3 is 0 Å². The van der Waals surface area contributed by atoms with Crippen LogP contribution in [0.5, 0.6) is 11.5 Å². The van der Waals surface area contributed by atoms with E-state index in [0.717, 1.165) is 30.0 Å². The van der Waals surface area contributed by atoms with Crippen molar-refractivity contribution in [3.8, 4) is 11.5 Å². The summed E-state index contributed by atoms with van der Waals surface area (Å²) in [6, 6.07) is 5.64. The molecule has 1 atom stereocenters. The highest BCUT2D eigenvalue weighted by Gasteiger charge is 2.13. The molecule has 0 radical (unpaired) electrons. The average molecular weight is 295 g/mol. The zero-order chi connectivity index (χ0) is 15.1. The van der Waals surface area contributed by atoms with E-state index in [-0.39, 0.29) is 6.79 Å². The molecule has 1 aliphatic rings. The number of benzene rings is 1. The van der Waals surface area contributed by atoms with Crippen molar-refractivity contribution < 1.29 is 19.3 Å². The largest absolute Gasteiger partial charge is 0.454 e. The minimum Gasteiger partial charge on any atom is -0.454 e. The van der Waals surface area contributed by atoms with Crippen molar-refractivity contribution in [3.05, 3.63) is 18.2 Å². The molecule has 1 aromatic carbocycles. The van der Waals surface area contributed by atoms with Crippen LogP contribution in [0.3, 0.4) is 0 Å². The predicted molar refractivity (Wildman–Crippen MR) is 82.0 cm³/mol. The van der Waals surface area contributed by atoms with Crippen molar-refractivity contribution in [2.45, 2.75) is 32.8 Å². The number of hydrogen-bond donors (Lipinski definition) is 2. The maximum atomic E-state index is 9.87. The van der Waals surface area contributed by atoms with Crippen LogP contribution in [-0.2, 0) is 4.74 Å². The summed E-state index contributed by atoms with van der Waals surface area (Å²) in [5.74, 6) is 2.19. The Morgan fingerprint density at radius 1 is 1.29 bits per heavy atom. The van der Waals surface area contributed by atoms with Crippen LogP contribution in [0.4, 0.5) is 5.69 Å². The summed E-state index contributed by atoms with van der Waals surface area (Å²) in [5, 5.41) is 13.0. The molecule has 1 aromatic rings. The van der Waals surface area contributed by atoms with Crippen molar-refractivity contribution in [3.63, 3.8) is 0 Å². The quantitative estimate of drug-likeness (QED) is 0.686. The first-order valence-electron chi connectivity index (χ1n) is 7.54. The molecule has 5 nitrogen and oxygen atoms in total. The second-order valence-electron chi connectivity index (χ2n) is 5.71. The molecule has 0 saturated heterocycles. The third-order valence-corrected chi connectivity index (χ3v) is 3.29. The van der Waals surface area contributed by atoms with E-state index >= 15 is 0 Å². The van der Waals surface area contributed by atoms with Gasteiger partial charge in [-0.15, -0.1) is 0 Å². The average Bonchev–Trinajstić information content (AvgIpc) is 2.92. The van der Waals surface area contributed by atoms with Gasteiger partial charge in [-0.2, -0.15) is 0 Å². The van der Waals surface area contributed by atoms with Gasteiger partial charge in [0, 0.05) is 24.9 Å². The molecule has 0 amide bonds. The lowest BCUT2D eigenvalue weighted by Gasteiger charge is -2.14. The molecule has 2 N–H and O–H groups in total. The van der Waals surface area contributed by atoms with E-state index in [2.05, 4.69) is 19.2 Å². The number of anilines is 1. The number of hydrogen-bond acceptors (Lipinski definition) is 5. The number of nitrogens with one attached hydrogen (secondary N) is 1. The summed E-state index contributed by atoms with van der Waals surface area (Å²) in [4.78, 5) is 0. The van der Waals surface area contributed by atoms with Crippen LogP contribution < -0.4 is 14.8 Å². The Kier molecular flexibility index (Phi) is 6.14. The Hall–Kier alpha value is -1.46. The molecule has 0 aromatic heterocycles. The van der Waals surface area contributed by atoms with E-state index in [4.69, 9.17) is 14.2 Å². The monoisotopic (exact) mass is 295 g/mol. The smallest absolute Gasteiger partial charge is 0.231 e. The first kappa shape index (κ1) is 15.9. The summed E-state index contributed by atoms with van der Waals surface area (Å²) >= 11 is 0. The SMILES string of the molecule is CC(C)CCCOCC(O)CNc1ccc2c(c1)OCO2. The zero-order valence-electron chi connectivity index (χ0n) is 12.8. The normalized spacial score (nSPS) is 14.5. The van der Waals surface area contributed by atoms with E-state index in [1.165, 1.54) is 0 Å². The third kappa shape index (κ3) is 5.44. The van der Waals surface area contributed by atoms with Crippen LogP contribution in [0.25, 0.3) is 0 Å². The van der Waals surface area contributed by atoms with Crippen LogP contribution in [0.15, 0.2) is 18.2 Å². The summed E-state index contributed by atoms with van der Waals surface area (Å²) in [6.45, 7) is 6.18. The molecular weight excluding hydrogens is 270 g/mol. The molecule has 118 valence electrons. The van der Waals surface area contributed by atoms with Crippen LogP contribution >= 0.6 is 0 Å². The number of fused-ring (bicyclic) bond motifs is 1. The minimum atomic E-state index is -0.519. The van der Waals surface area contributed by atoms with Crippen molar-refractivity contribution >= 4 is 5.69 Å². The highest BCUT2D eigenvalue weighted by atomic mass is 16.7. The lowest BCUT2D eigenvalue weighted by molar-refractivity contribution is 0.0409. The Bertz CT molecular complexity index is 436. The van der Waals surface area contributed by atoms with Crippen molar-refractivity contribution in [2.24, 2.45) is 5.92 Å². The Labute approximate surface area is 126 Å². The summed E-state index contributed by atoms with van der Waals surface area (Å²) in [7, 11) is 0. The molecule has 5 heteroatoms. The highest BCUT2D eigenvalue weighted by molar-refractivity contribution is 5.55. The summed E-state index contributed by atoms with van der Waals surface area (Å²) in [6.07, 6.45) is 1.68. The van der Waals surface area contributed by atoms with Gasteiger partial charge in [0.05, 0.1) is 12.7 Å². The molecular formula is C16H25NO4. The highest BCUT2D eigenvalue weighted by Crippen LogP contribution is 2.34. The Morgan fingerprint density at radius 3 is 2.90 bits per heavy atom. The van der Waals surface area contributed by atoms with Gasteiger partial charge in [-0.3, -0.25) is 0 Å². The third-order valence-electron chi connectivity index (χ3n) is 3.29. The van der Waals surface area contributed by atoms with E-state index in [0.29, 0.717) is 25.7 Å². The Morgan fingerprint density at radius 2 is 2.10 bits per heavy atom. The second-order valence-corrected chi connectivity index (χ2v) is 5.71. The number of aliphatic hydroxyl groups excluding tert-OH is 1. The van der Waals surface area contributed by atoms with Gasteiger partial charge in [-0.25, -0.2) is 0 Å². The zero-order valence-corrected chi connectivity index (χ0v) is 12.8. The number of ether oxygens (including phenoxy) is 3. The molecule has 1 unspecified atom stereocenters. The van der Waals surface area contributed by atoms with Crippen LogP contribution in [-0.4, -0.2) is 37.8 Å². The lowest BCUT2D eigenvalue weighted by Crippen LogP contribution is -2.25. The fourth-order valence-electron chi connectivity index (χ4n) is 2.11. The van der Waals surface area contributed by atoms with Gasteiger partial charge in [-0.1, -0.05) is 13.8 Å². The molecule has 1 heterocycles. The minimum absolute atomic E-state index is 0.269. The predicted octanol–water partition coefficient (Wildman–Crippen LogP) is 2.64. The van der Waals surface area contributed by atoms with Crippen LogP contribution in [0.1, 0.15) is 26.7 Å². The Balaban J connectivity index is 1.61. The van der Waals surface area contributed by atoms with E-state index < -0.39 is 6.10 Å². The summed E-state index contributed by atoms with van der Waals surface area (Å²) in [5.41, 5.74) is 0.901. The molecule has 0 saturated carbocycles.